The highest BCUT2D eigenvalue weighted by molar-refractivity contribution is 7.98. The van der Waals surface area contributed by atoms with Crippen molar-refractivity contribution < 1.29 is 14.7 Å². The fourth-order valence-electron chi connectivity index (χ4n) is 1.75. The molecule has 8 heteroatoms. The van der Waals surface area contributed by atoms with E-state index in [1.807, 2.05) is 0 Å². The average Bonchev–Trinajstić information content (AvgIpc) is 2.93. The number of carbonyl (C=O) groups is 1. The van der Waals surface area contributed by atoms with Crippen LogP contribution in [0.5, 0.6) is 0 Å². The molecule has 0 spiro atoms. The largest absolute Gasteiger partial charge is 0.379 e. The molecule has 0 unspecified atom stereocenters. The number of amides is 1. The average molecular weight is 308 g/mol. The molecule has 2 rings (SSSR count). The molecule has 0 aliphatic rings. The summed E-state index contributed by atoms with van der Waals surface area (Å²) in [6.07, 6.45) is 2.06. The van der Waals surface area contributed by atoms with Gasteiger partial charge in [-0.15, -0.1) is 11.8 Å². The van der Waals surface area contributed by atoms with E-state index in [4.69, 9.17) is 5.73 Å². The Morgan fingerprint density at radius 1 is 1.38 bits per heavy atom. The lowest BCUT2D eigenvalue weighted by atomic mass is 10.2. The van der Waals surface area contributed by atoms with E-state index in [0.717, 1.165) is 13.1 Å². The molecule has 112 valence electrons. The molecule has 1 heterocycles. The molecule has 7 nitrogen and oxygen atoms in total. The van der Waals surface area contributed by atoms with E-state index in [1.165, 1.54) is 10.5 Å². The molecule has 0 radical (unpaired) electrons. The minimum Gasteiger partial charge on any atom is -0.379 e. The number of nitrogens with one attached hydrogen (secondary N) is 1. The lowest BCUT2D eigenvalue weighted by Crippen LogP contribution is -2.84. The Hall–Kier alpha value is -2.06. The van der Waals surface area contributed by atoms with Crippen LogP contribution in [-0.4, -0.2) is 35.6 Å². The van der Waals surface area contributed by atoms with Crippen LogP contribution in [0.15, 0.2) is 33.8 Å². The number of nitrogen functional groups attached to an aromatic ring is 1. The summed E-state index contributed by atoms with van der Waals surface area (Å²) in [7, 11) is 0. The van der Waals surface area contributed by atoms with Crippen LogP contribution in [0, 0.1) is 0 Å². The smallest absolute Gasteiger partial charge is 0.277 e. The topological polar surface area (TPSA) is 111 Å². The van der Waals surface area contributed by atoms with E-state index in [0.29, 0.717) is 6.54 Å². The Morgan fingerprint density at radius 3 is 2.76 bits per heavy atom. The molecule has 0 fully saturated rings. The normalized spacial score (nSPS) is 10.5. The van der Waals surface area contributed by atoms with E-state index >= 15 is 0 Å². The summed E-state index contributed by atoms with van der Waals surface area (Å²) in [6, 6.07) is 8.44. The van der Waals surface area contributed by atoms with E-state index in [1.54, 1.807) is 11.8 Å². The maximum absolute atomic E-state index is 11.7. The van der Waals surface area contributed by atoms with Crippen molar-refractivity contribution in [2.24, 2.45) is 0 Å². The van der Waals surface area contributed by atoms with Crippen molar-refractivity contribution in [2.75, 3.05) is 25.1 Å². The number of carbonyl (C=O) groups excluding carboxylic acids is 1. The lowest BCUT2D eigenvalue weighted by Gasteiger charge is -2.04. The van der Waals surface area contributed by atoms with Gasteiger partial charge in [-0.3, -0.25) is 4.79 Å². The molecule has 0 bridgehead atoms. The zero-order valence-corrected chi connectivity index (χ0v) is 12.5. The molecule has 0 atom stereocenters. The summed E-state index contributed by atoms with van der Waals surface area (Å²) < 4.78 is 4.38. The zero-order valence-electron chi connectivity index (χ0n) is 11.7. The zero-order chi connectivity index (χ0) is 15.1. The first-order chi connectivity index (χ1) is 10.2. The van der Waals surface area contributed by atoms with Gasteiger partial charge in [0, 0.05) is 10.5 Å². The molecule has 0 saturated heterocycles. The van der Waals surface area contributed by atoms with Gasteiger partial charge in [0.1, 0.15) is 6.54 Å². The number of thioether (sulfide) groups is 1. The van der Waals surface area contributed by atoms with Crippen LogP contribution in [0.4, 0.5) is 5.82 Å². The molecule has 2 aromatic rings. The number of quaternary nitrogens is 1. The van der Waals surface area contributed by atoms with Crippen LogP contribution in [0.25, 0.3) is 0 Å². The van der Waals surface area contributed by atoms with Gasteiger partial charge in [0.2, 0.25) is 11.5 Å². The third-order valence-electron chi connectivity index (χ3n) is 2.90. The number of aromatic nitrogens is 2. The van der Waals surface area contributed by atoms with Crippen molar-refractivity contribution in [3.05, 3.63) is 35.5 Å². The third kappa shape index (κ3) is 4.47. The van der Waals surface area contributed by atoms with Gasteiger partial charge in [-0.05, 0) is 28.7 Å². The molecule has 0 aliphatic heterocycles. The second-order valence-corrected chi connectivity index (χ2v) is 5.26. The van der Waals surface area contributed by atoms with Crippen molar-refractivity contribution in [3.63, 3.8) is 0 Å². The number of rotatable bonds is 7. The SMILES string of the molecule is CSc1ccc(C[NH2+]CCNC(=O)c2nonc2N)cc1. The summed E-state index contributed by atoms with van der Waals surface area (Å²) in [6.45, 7) is 2.16. The standard InChI is InChI=1S/C13H17N5O2S/c1-21-10-4-2-9(3-5-10)8-15-6-7-16-13(19)11-12(14)18-20-17-11/h2-5,15H,6-8H2,1H3,(H2,14,18)(H,16,19)/p+1. The van der Waals surface area contributed by atoms with Crippen LogP contribution in [-0.2, 0) is 6.54 Å². The fourth-order valence-corrected chi connectivity index (χ4v) is 2.16. The number of benzene rings is 1. The highest BCUT2D eigenvalue weighted by Crippen LogP contribution is 2.14. The number of hydrogen-bond donors (Lipinski definition) is 3. The van der Waals surface area contributed by atoms with Crippen LogP contribution in [0.1, 0.15) is 16.1 Å². The number of anilines is 1. The first-order valence-corrected chi connectivity index (χ1v) is 7.74. The highest BCUT2D eigenvalue weighted by Gasteiger charge is 2.15. The van der Waals surface area contributed by atoms with Crippen molar-refractivity contribution in [3.8, 4) is 0 Å². The Balaban J connectivity index is 1.65. The van der Waals surface area contributed by atoms with Gasteiger partial charge in [0.15, 0.2) is 0 Å². The lowest BCUT2D eigenvalue weighted by molar-refractivity contribution is -0.668. The molecule has 21 heavy (non-hydrogen) atoms. The van der Waals surface area contributed by atoms with Gasteiger partial charge in [0.05, 0.1) is 13.1 Å². The van der Waals surface area contributed by atoms with Crippen molar-refractivity contribution in [1.29, 1.82) is 0 Å². The Morgan fingerprint density at radius 2 is 2.14 bits per heavy atom. The summed E-state index contributed by atoms with van der Waals surface area (Å²) in [4.78, 5) is 12.9. The molecule has 1 amide bonds. The van der Waals surface area contributed by atoms with Crippen molar-refractivity contribution >= 4 is 23.5 Å². The first-order valence-electron chi connectivity index (χ1n) is 6.51. The second kappa shape index (κ2) is 7.65. The van der Waals surface area contributed by atoms with Crippen LogP contribution in [0.3, 0.4) is 0 Å². The van der Waals surface area contributed by atoms with Gasteiger partial charge in [-0.1, -0.05) is 12.1 Å². The minimum absolute atomic E-state index is 0.00497. The minimum atomic E-state index is -0.369. The Bertz CT molecular complexity index is 585. The summed E-state index contributed by atoms with van der Waals surface area (Å²) in [5.74, 6) is -0.364. The van der Waals surface area contributed by atoms with Gasteiger partial charge >= 0.3 is 0 Å². The van der Waals surface area contributed by atoms with Gasteiger partial charge in [-0.25, -0.2) is 4.63 Å². The number of nitrogens with zero attached hydrogens (tertiary/aromatic N) is 2. The molecule has 5 N–H and O–H groups in total. The molecule has 1 aromatic heterocycles. The summed E-state index contributed by atoms with van der Waals surface area (Å²) >= 11 is 1.73. The predicted molar refractivity (Wildman–Crippen MR) is 79.8 cm³/mol. The first kappa shape index (κ1) is 15.3. The highest BCUT2D eigenvalue weighted by atomic mass is 32.2. The van der Waals surface area contributed by atoms with Crippen LogP contribution in [0.2, 0.25) is 0 Å². The molecule has 0 saturated carbocycles. The summed E-state index contributed by atoms with van der Waals surface area (Å²) in [5.41, 5.74) is 6.72. The third-order valence-corrected chi connectivity index (χ3v) is 3.65. The van der Waals surface area contributed by atoms with E-state index in [9.17, 15) is 4.79 Å². The van der Waals surface area contributed by atoms with Gasteiger partial charge in [-0.2, -0.15) is 0 Å². The van der Waals surface area contributed by atoms with Crippen LogP contribution < -0.4 is 16.4 Å². The monoisotopic (exact) mass is 308 g/mol. The van der Waals surface area contributed by atoms with Crippen molar-refractivity contribution in [1.82, 2.24) is 15.6 Å². The van der Waals surface area contributed by atoms with Crippen LogP contribution >= 0.6 is 11.8 Å². The second-order valence-electron chi connectivity index (χ2n) is 4.38. The molecule has 1 aromatic carbocycles. The maximum Gasteiger partial charge on any atom is 0.277 e. The Kier molecular flexibility index (Phi) is 5.59. The van der Waals surface area contributed by atoms with Crippen molar-refractivity contribution in [2.45, 2.75) is 11.4 Å². The van der Waals surface area contributed by atoms with E-state index in [2.05, 4.69) is 56.1 Å². The maximum atomic E-state index is 11.7. The van der Waals surface area contributed by atoms with Gasteiger partial charge < -0.3 is 16.4 Å². The van der Waals surface area contributed by atoms with E-state index in [-0.39, 0.29) is 17.4 Å². The quantitative estimate of drug-likeness (QED) is 0.485. The van der Waals surface area contributed by atoms with E-state index < -0.39 is 0 Å². The number of hydrogen-bond acceptors (Lipinski definition) is 6. The number of nitrogens with two attached hydrogens (primary N) is 2. The van der Waals surface area contributed by atoms with Gasteiger partial charge in [0.25, 0.3) is 5.91 Å². The molecular weight excluding hydrogens is 290 g/mol. The summed E-state index contributed by atoms with van der Waals surface area (Å²) in [5, 5.41) is 11.6. The Labute approximate surface area is 126 Å². The molecule has 0 aliphatic carbocycles. The molecular formula is C13H18N5O2S+. The fraction of sp³-hybridized carbons (Fsp3) is 0.308. The predicted octanol–water partition coefficient (Wildman–Crippen LogP) is -0.133.